The van der Waals surface area contributed by atoms with Gasteiger partial charge in [0.1, 0.15) is 0 Å². The number of pyridine rings is 1. The summed E-state index contributed by atoms with van der Waals surface area (Å²) in [5.74, 6) is 0. The fourth-order valence-corrected chi connectivity index (χ4v) is 3.17. The molecule has 0 bridgehead atoms. The quantitative estimate of drug-likeness (QED) is 0.828. The van der Waals surface area contributed by atoms with Crippen LogP contribution >= 0.6 is 27.3 Å². The summed E-state index contributed by atoms with van der Waals surface area (Å²) >= 11 is 5.13. The van der Waals surface area contributed by atoms with E-state index >= 15 is 0 Å². The Morgan fingerprint density at radius 2 is 2.19 bits per heavy atom. The van der Waals surface area contributed by atoms with Crippen molar-refractivity contribution in [3.05, 3.63) is 44.6 Å². The lowest BCUT2D eigenvalue weighted by atomic mass is 10.2. The highest BCUT2D eigenvalue weighted by atomic mass is 79.9. The highest BCUT2D eigenvalue weighted by Crippen LogP contribution is 2.35. The maximum absolute atomic E-state index is 11.6. The number of rotatable bonds is 2. The molecule has 2 aromatic rings. The van der Waals surface area contributed by atoms with Crippen molar-refractivity contribution >= 4 is 27.3 Å². The van der Waals surface area contributed by atoms with Crippen molar-refractivity contribution in [2.24, 2.45) is 0 Å². The minimum atomic E-state index is 0.113. The molecule has 2 nitrogen and oxygen atoms in total. The van der Waals surface area contributed by atoms with E-state index in [0.717, 1.165) is 22.9 Å². The summed E-state index contributed by atoms with van der Waals surface area (Å²) in [6.45, 7) is 0. The molecular weight excluding hydrogens is 286 g/mol. The van der Waals surface area contributed by atoms with Gasteiger partial charge in [-0.15, -0.1) is 11.3 Å². The Morgan fingerprint density at radius 1 is 1.38 bits per heavy atom. The van der Waals surface area contributed by atoms with Gasteiger partial charge in [0, 0.05) is 38.6 Å². The van der Waals surface area contributed by atoms with Gasteiger partial charge in [-0.05, 0) is 40.9 Å². The van der Waals surface area contributed by atoms with Crippen molar-refractivity contribution in [3.63, 3.8) is 0 Å². The fraction of sp³-hybridized carbons (Fsp3) is 0.250. The van der Waals surface area contributed by atoms with Crippen LogP contribution in [0.25, 0.3) is 10.4 Å². The first-order valence-electron chi connectivity index (χ1n) is 5.20. The molecule has 82 valence electrons. The molecule has 0 amide bonds. The van der Waals surface area contributed by atoms with Crippen molar-refractivity contribution in [2.75, 3.05) is 0 Å². The monoisotopic (exact) mass is 295 g/mol. The van der Waals surface area contributed by atoms with Crippen LogP contribution in [0.2, 0.25) is 0 Å². The Hall–Kier alpha value is -0.870. The summed E-state index contributed by atoms with van der Waals surface area (Å²) in [6, 6.07) is 6.10. The summed E-state index contributed by atoms with van der Waals surface area (Å²) in [4.78, 5) is 12.8. The van der Waals surface area contributed by atoms with Gasteiger partial charge in [0.15, 0.2) is 0 Å². The third-order valence-electron chi connectivity index (χ3n) is 2.73. The SMILES string of the molecule is O=c1ccc(-c2cc(Br)cs2)cn1C1CC1. The average Bonchev–Trinajstić information content (AvgIpc) is 3.02. The summed E-state index contributed by atoms with van der Waals surface area (Å²) in [5, 5.41) is 2.06. The molecule has 0 spiro atoms. The average molecular weight is 296 g/mol. The number of aromatic nitrogens is 1. The molecule has 0 aliphatic heterocycles. The molecule has 1 saturated carbocycles. The lowest BCUT2D eigenvalue weighted by Crippen LogP contribution is -2.16. The van der Waals surface area contributed by atoms with E-state index in [9.17, 15) is 4.79 Å². The maximum Gasteiger partial charge on any atom is 0.250 e. The Balaban J connectivity index is 2.08. The molecule has 0 unspecified atom stereocenters. The lowest BCUT2D eigenvalue weighted by molar-refractivity contribution is 0.709. The molecule has 0 atom stereocenters. The zero-order chi connectivity index (χ0) is 11.1. The molecule has 1 aliphatic carbocycles. The zero-order valence-electron chi connectivity index (χ0n) is 8.52. The predicted molar refractivity (Wildman–Crippen MR) is 70.0 cm³/mol. The summed E-state index contributed by atoms with van der Waals surface area (Å²) in [7, 11) is 0. The first-order chi connectivity index (χ1) is 7.74. The molecule has 1 fully saturated rings. The number of nitrogens with zero attached hydrogens (tertiary/aromatic N) is 1. The lowest BCUT2D eigenvalue weighted by Gasteiger charge is -2.04. The Bertz CT molecular complexity index is 583. The van der Waals surface area contributed by atoms with Gasteiger partial charge in [-0.25, -0.2) is 0 Å². The van der Waals surface area contributed by atoms with E-state index in [0.29, 0.717) is 6.04 Å². The van der Waals surface area contributed by atoms with Gasteiger partial charge in [0.2, 0.25) is 0 Å². The number of hydrogen-bond acceptors (Lipinski definition) is 2. The van der Waals surface area contributed by atoms with Crippen molar-refractivity contribution in [3.8, 4) is 10.4 Å². The molecule has 1 aliphatic rings. The highest BCUT2D eigenvalue weighted by molar-refractivity contribution is 9.10. The van der Waals surface area contributed by atoms with Gasteiger partial charge >= 0.3 is 0 Å². The largest absolute Gasteiger partial charge is 0.312 e. The smallest absolute Gasteiger partial charge is 0.250 e. The molecule has 2 heterocycles. The normalized spacial score (nSPS) is 15.3. The van der Waals surface area contributed by atoms with E-state index in [1.54, 1.807) is 17.4 Å². The van der Waals surface area contributed by atoms with Crippen LogP contribution in [0.5, 0.6) is 0 Å². The van der Waals surface area contributed by atoms with Gasteiger partial charge in [0.25, 0.3) is 5.56 Å². The van der Waals surface area contributed by atoms with Crippen molar-refractivity contribution in [2.45, 2.75) is 18.9 Å². The van der Waals surface area contributed by atoms with Crippen LogP contribution in [0.3, 0.4) is 0 Å². The van der Waals surface area contributed by atoms with Gasteiger partial charge in [-0.1, -0.05) is 0 Å². The molecule has 2 aromatic heterocycles. The van der Waals surface area contributed by atoms with E-state index in [1.807, 2.05) is 16.8 Å². The van der Waals surface area contributed by atoms with E-state index < -0.39 is 0 Å². The molecule has 0 saturated heterocycles. The first-order valence-corrected chi connectivity index (χ1v) is 6.88. The minimum absolute atomic E-state index is 0.113. The van der Waals surface area contributed by atoms with E-state index in [1.165, 1.54) is 4.88 Å². The van der Waals surface area contributed by atoms with Crippen LogP contribution in [0, 0.1) is 0 Å². The second kappa shape index (κ2) is 3.86. The number of halogens is 1. The number of thiophene rings is 1. The summed E-state index contributed by atoms with van der Waals surface area (Å²) < 4.78 is 2.96. The molecule has 4 heteroatoms. The standard InChI is InChI=1S/C12H10BrNOS/c13-9-5-11(16-7-9)8-1-4-12(15)14(6-8)10-2-3-10/h1,4-7,10H,2-3H2. The highest BCUT2D eigenvalue weighted by Gasteiger charge is 2.24. The van der Waals surface area contributed by atoms with Crippen LogP contribution in [0.15, 0.2) is 39.0 Å². The van der Waals surface area contributed by atoms with E-state index in [-0.39, 0.29) is 5.56 Å². The Kier molecular flexibility index (Phi) is 2.48. The molecule has 0 aromatic carbocycles. The predicted octanol–water partition coefficient (Wildman–Crippen LogP) is 3.67. The molecule has 16 heavy (non-hydrogen) atoms. The third-order valence-corrected chi connectivity index (χ3v) is 4.47. The molecule has 0 N–H and O–H groups in total. The topological polar surface area (TPSA) is 22.0 Å². The first kappa shape index (κ1) is 10.3. The van der Waals surface area contributed by atoms with Gasteiger partial charge in [-0.2, -0.15) is 0 Å². The summed E-state index contributed by atoms with van der Waals surface area (Å²) in [6.07, 6.45) is 4.26. The van der Waals surface area contributed by atoms with Crippen LogP contribution in [-0.2, 0) is 0 Å². The zero-order valence-corrected chi connectivity index (χ0v) is 10.9. The van der Waals surface area contributed by atoms with E-state index in [2.05, 4.69) is 27.4 Å². The maximum atomic E-state index is 11.6. The molecular formula is C12H10BrNOS. The van der Waals surface area contributed by atoms with E-state index in [4.69, 9.17) is 0 Å². The molecule has 3 rings (SSSR count). The fourth-order valence-electron chi connectivity index (χ4n) is 1.75. The van der Waals surface area contributed by atoms with Crippen molar-refractivity contribution < 1.29 is 0 Å². The number of hydrogen-bond donors (Lipinski definition) is 0. The van der Waals surface area contributed by atoms with Gasteiger partial charge in [0.05, 0.1) is 0 Å². The van der Waals surface area contributed by atoms with Crippen LogP contribution < -0.4 is 5.56 Å². The van der Waals surface area contributed by atoms with Crippen LogP contribution in [0.4, 0.5) is 0 Å². The summed E-state index contributed by atoms with van der Waals surface area (Å²) in [5.41, 5.74) is 1.24. The van der Waals surface area contributed by atoms with Crippen LogP contribution in [-0.4, -0.2) is 4.57 Å². The van der Waals surface area contributed by atoms with Crippen molar-refractivity contribution in [1.29, 1.82) is 0 Å². The third kappa shape index (κ3) is 1.87. The second-order valence-corrected chi connectivity index (χ2v) is 5.85. The van der Waals surface area contributed by atoms with Gasteiger partial charge < -0.3 is 4.57 Å². The minimum Gasteiger partial charge on any atom is -0.312 e. The Labute approximate surface area is 106 Å². The Morgan fingerprint density at radius 3 is 2.81 bits per heavy atom. The molecule has 0 radical (unpaired) electrons. The van der Waals surface area contributed by atoms with Crippen LogP contribution in [0.1, 0.15) is 18.9 Å². The van der Waals surface area contributed by atoms with Crippen molar-refractivity contribution in [1.82, 2.24) is 4.57 Å². The second-order valence-electron chi connectivity index (χ2n) is 4.02. The van der Waals surface area contributed by atoms with Gasteiger partial charge in [-0.3, -0.25) is 4.79 Å².